The number of rotatable bonds is 4. The van der Waals surface area contributed by atoms with Gasteiger partial charge in [-0.25, -0.2) is 0 Å². The Labute approximate surface area is 102 Å². The van der Waals surface area contributed by atoms with Crippen molar-refractivity contribution >= 4 is 5.91 Å². The summed E-state index contributed by atoms with van der Waals surface area (Å²) in [6, 6.07) is 3.91. The summed E-state index contributed by atoms with van der Waals surface area (Å²) in [4.78, 5) is 15.8. The van der Waals surface area contributed by atoms with E-state index < -0.39 is 0 Å². The smallest absolute Gasteiger partial charge is 0.221 e. The second-order valence-electron chi connectivity index (χ2n) is 4.54. The number of allylic oxidation sites excluding steroid dienone is 2. The molecule has 1 aliphatic rings. The first-order valence-electron chi connectivity index (χ1n) is 6.11. The molecular formula is C14H18N2O. The fourth-order valence-electron chi connectivity index (χ4n) is 2.14. The molecule has 0 saturated heterocycles. The average molecular weight is 230 g/mol. The molecule has 2 rings (SSSR count). The zero-order chi connectivity index (χ0) is 12.1. The first kappa shape index (κ1) is 11.8. The van der Waals surface area contributed by atoms with Crippen molar-refractivity contribution in [1.82, 2.24) is 10.3 Å². The van der Waals surface area contributed by atoms with E-state index in [-0.39, 0.29) is 11.9 Å². The molecule has 1 heterocycles. The lowest BCUT2D eigenvalue weighted by Gasteiger charge is -2.15. The van der Waals surface area contributed by atoms with E-state index in [0.717, 1.165) is 18.4 Å². The van der Waals surface area contributed by atoms with Crippen molar-refractivity contribution in [2.24, 2.45) is 5.92 Å². The molecule has 1 aromatic rings. The lowest BCUT2D eigenvalue weighted by Crippen LogP contribution is -2.27. The van der Waals surface area contributed by atoms with Crippen LogP contribution < -0.4 is 5.32 Å². The van der Waals surface area contributed by atoms with Crippen molar-refractivity contribution in [2.45, 2.75) is 32.2 Å². The van der Waals surface area contributed by atoms with E-state index in [4.69, 9.17) is 0 Å². The molecule has 3 heteroatoms. The van der Waals surface area contributed by atoms with Gasteiger partial charge in [-0.15, -0.1) is 0 Å². The number of nitrogens with zero attached hydrogens (tertiary/aromatic N) is 1. The largest absolute Gasteiger partial charge is 0.350 e. The summed E-state index contributed by atoms with van der Waals surface area (Å²) in [5.41, 5.74) is 1.09. The highest BCUT2D eigenvalue weighted by atomic mass is 16.1. The summed E-state index contributed by atoms with van der Waals surface area (Å²) in [6.07, 6.45) is 10.6. The van der Waals surface area contributed by atoms with Gasteiger partial charge < -0.3 is 5.32 Å². The Morgan fingerprint density at radius 3 is 2.94 bits per heavy atom. The van der Waals surface area contributed by atoms with Crippen LogP contribution in [0, 0.1) is 5.92 Å². The van der Waals surface area contributed by atoms with Crippen LogP contribution in [-0.4, -0.2) is 10.9 Å². The van der Waals surface area contributed by atoms with Gasteiger partial charge in [-0.05, 0) is 43.4 Å². The minimum absolute atomic E-state index is 0.0517. The highest BCUT2D eigenvalue weighted by Crippen LogP contribution is 2.20. The topological polar surface area (TPSA) is 42.0 Å². The van der Waals surface area contributed by atoms with E-state index in [1.807, 2.05) is 19.1 Å². The van der Waals surface area contributed by atoms with Crippen LogP contribution in [0.4, 0.5) is 0 Å². The maximum atomic E-state index is 11.8. The second-order valence-corrected chi connectivity index (χ2v) is 4.54. The molecule has 17 heavy (non-hydrogen) atoms. The Kier molecular flexibility index (Phi) is 3.91. The summed E-state index contributed by atoms with van der Waals surface area (Å²) in [5, 5.41) is 3.02. The number of nitrogens with one attached hydrogen (secondary N) is 1. The maximum Gasteiger partial charge on any atom is 0.221 e. The molecule has 0 bridgehead atoms. The number of hydrogen-bond donors (Lipinski definition) is 1. The summed E-state index contributed by atoms with van der Waals surface area (Å²) >= 11 is 0. The summed E-state index contributed by atoms with van der Waals surface area (Å²) in [5.74, 6) is 0.561. The van der Waals surface area contributed by atoms with Gasteiger partial charge in [-0.3, -0.25) is 9.78 Å². The van der Waals surface area contributed by atoms with Gasteiger partial charge in [-0.2, -0.15) is 0 Å². The Morgan fingerprint density at radius 1 is 1.53 bits per heavy atom. The molecule has 3 nitrogen and oxygen atoms in total. The number of pyridine rings is 1. The lowest BCUT2D eigenvalue weighted by molar-refractivity contribution is -0.122. The van der Waals surface area contributed by atoms with Crippen molar-refractivity contribution in [3.63, 3.8) is 0 Å². The molecule has 90 valence electrons. The van der Waals surface area contributed by atoms with Crippen molar-refractivity contribution < 1.29 is 4.79 Å². The number of amides is 1. The van der Waals surface area contributed by atoms with Crippen LogP contribution in [0.2, 0.25) is 0 Å². The molecule has 1 aliphatic carbocycles. The maximum absolute atomic E-state index is 11.8. The molecular weight excluding hydrogens is 212 g/mol. The predicted molar refractivity (Wildman–Crippen MR) is 67.3 cm³/mol. The first-order valence-corrected chi connectivity index (χ1v) is 6.11. The monoisotopic (exact) mass is 230 g/mol. The van der Waals surface area contributed by atoms with Gasteiger partial charge in [0, 0.05) is 18.8 Å². The van der Waals surface area contributed by atoms with Crippen molar-refractivity contribution in [1.29, 1.82) is 0 Å². The van der Waals surface area contributed by atoms with Crippen LogP contribution in [0.3, 0.4) is 0 Å². The Hall–Kier alpha value is -1.64. The van der Waals surface area contributed by atoms with Gasteiger partial charge in [-0.1, -0.05) is 12.2 Å². The van der Waals surface area contributed by atoms with Gasteiger partial charge in [0.1, 0.15) is 0 Å². The zero-order valence-electron chi connectivity index (χ0n) is 10.1. The molecule has 1 N–H and O–H groups in total. The number of carbonyl (C=O) groups is 1. The van der Waals surface area contributed by atoms with Crippen LogP contribution in [0.1, 0.15) is 37.8 Å². The number of carbonyl (C=O) groups excluding carboxylic acids is 1. The molecule has 0 aliphatic heterocycles. The predicted octanol–water partition coefficient (Wildman–Crippen LogP) is 2.62. The fourth-order valence-corrected chi connectivity index (χ4v) is 2.14. The zero-order valence-corrected chi connectivity index (χ0v) is 10.1. The number of hydrogen-bond acceptors (Lipinski definition) is 2. The van der Waals surface area contributed by atoms with Crippen LogP contribution in [0.15, 0.2) is 36.7 Å². The quantitative estimate of drug-likeness (QED) is 0.808. The van der Waals surface area contributed by atoms with Crippen molar-refractivity contribution in [2.75, 3.05) is 0 Å². The van der Waals surface area contributed by atoms with Gasteiger partial charge >= 0.3 is 0 Å². The fraction of sp³-hybridized carbons (Fsp3) is 0.429. The second kappa shape index (κ2) is 5.62. The van der Waals surface area contributed by atoms with E-state index in [9.17, 15) is 4.79 Å². The molecule has 0 saturated carbocycles. The Balaban J connectivity index is 1.84. The SMILES string of the molecule is C[C@@H](NC(=O)C[C@H]1C=CCC1)c1ccncc1. The van der Waals surface area contributed by atoms with Gasteiger partial charge in [0.15, 0.2) is 0 Å². The van der Waals surface area contributed by atoms with Crippen LogP contribution >= 0.6 is 0 Å². The van der Waals surface area contributed by atoms with Crippen LogP contribution in [-0.2, 0) is 4.79 Å². The summed E-state index contributed by atoms with van der Waals surface area (Å²) < 4.78 is 0. The molecule has 0 radical (unpaired) electrons. The van der Waals surface area contributed by atoms with E-state index >= 15 is 0 Å². The normalized spacial score (nSPS) is 20.2. The standard InChI is InChI=1S/C14H18N2O/c1-11(13-6-8-15-9-7-13)16-14(17)10-12-4-2-3-5-12/h2,4,6-9,11-12H,3,5,10H2,1H3,(H,16,17)/t11-,12+/m1/s1. The minimum atomic E-state index is 0.0517. The van der Waals surface area contributed by atoms with Crippen molar-refractivity contribution in [3.8, 4) is 0 Å². The molecule has 0 fully saturated rings. The minimum Gasteiger partial charge on any atom is -0.350 e. The number of aromatic nitrogens is 1. The molecule has 0 aromatic carbocycles. The van der Waals surface area contributed by atoms with Crippen LogP contribution in [0.5, 0.6) is 0 Å². The molecule has 1 aromatic heterocycles. The van der Waals surface area contributed by atoms with E-state index in [2.05, 4.69) is 22.5 Å². The van der Waals surface area contributed by atoms with Crippen LogP contribution in [0.25, 0.3) is 0 Å². The lowest BCUT2D eigenvalue weighted by atomic mass is 10.0. The Bertz CT molecular complexity index is 400. The third-order valence-electron chi connectivity index (χ3n) is 3.14. The first-order chi connectivity index (χ1) is 8.25. The van der Waals surface area contributed by atoms with Gasteiger partial charge in [0.2, 0.25) is 5.91 Å². The summed E-state index contributed by atoms with van der Waals surface area (Å²) in [7, 11) is 0. The van der Waals surface area contributed by atoms with E-state index in [0.29, 0.717) is 12.3 Å². The molecule has 2 atom stereocenters. The third kappa shape index (κ3) is 3.41. The molecule has 0 unspecified atom stereocenters. The van der Waals surface area contributed by atoms with Gasteiger partial charge in [0.05, 0.1) is 6.04 Å². The summed E-state index contributed by atoms with van der Waals surface area (Å²) in [6.45, 7) is 2.00. The highest BCUT2D eigenvalue weighted by Gasteiger charge is 2.15. The highest BCUT2D eigenvalue weighted by molar-refractivity contribution is 5.76. The average Bonchev–Trinajstić information content (AvgIpc) is 2.82. The van der Waals surface area contributed by atoms with E-state index in [1.54, 1.807) is 12.4 Å². The Morgan fingerprint density at radius 2 is 2.29 bits per heavy atom. The molecule has 1 amide bonds. The van der Waals surface area contributed by atoms with E-state index in [1.165, 1.54) is 0 Å². The van der Waals surface area contributed by atoms with Gasteiger partial charge in [0.25, 0.3) is 0 Å². The van der Waals surface area contributed by atoms with Crippen molar-refractivity contribution in [3.05, 3.63) is 42.2 Å². The third-order valence-corrected chi connectivity index (χ3v) is 3.14. The molecule has 0 spiro atoms.